The van der Waals surface area contributed by atoms with E-state index in [2.05, 4.69) is 10.2 Å². The summed E-state index contributed by atoms with van der Waals surface area (Å²) in [6.45, 7) is 4.77. The zero-order valence-electron chi connectivity index (χ0n) is 14.1. The van der Waals surface area contributed by atoms with Crippen molar-refractivity contribution in [2.75, 3.05) is 26.2 Å². The fraction of sp³-hybridized carbons (Fsp3) is 0.722. The molecule has 5 heteroatoms. The molecular weight excluding hydrogens is 290 g/mol. The predicted molar refractivity (Wildman–Crippen MR) is 90.2 cm³/mol. The molecule has 2 heterocycles. The van der Waals surface area contributed by atoms with Crippen molar-refractivity contribution in [2.45, 2.75) is 51.0 Å². The Morgan fingerprint density at radius 2 is 2.09 bits per heavy atom. The second kappa shape index (κ2) is 7.49. The van der Waals surface area contributed by atoms with Crippen LogP contribution in [-0.2, 0) is 4.79 Å². The highest BCUT2D eigenvalue weighted by Crippen LogP contribution is 2.27. The lowest BCUT2D eigenvalue weighted by Crippen LogP contribution is -2.39. The molecule has 0 bridgehead atoms. The van der Waals surface area contributed by atoms with Gasteiger partial charge in [-0.15, -0.1) is 0 Å². The number of nitrogens with two attached hydrogens (primary N) is 1. The standard InChI is InChI=1S/C18H29N3O2/c1-13-7-8-17(23-13)15-10-21(11-16(15)19)12-18(22)20-9-14-5-3-2-4-6-14/h7-8,14-16H,2-6,9-12,19H2,1H3,(H,20,22)/t15-,16-/m0/s1. The van der Waals surface area contributed by atoms with Crippen LogP contribution in [0.15, 0.2) is 16.5 Å². The first kappa shape index (κ1) is 16.5. The third kappa shape index (κ3) is 4.36. The lowest BCUT2D eigenvalue weighted by atomic mass is 9.89. The fourth-order valence-corrected chi connectivity index (χ4v) is 3.90. The highest BCUT2D eigenvalue weighted by Gasteiger charge is 2.34. The fourth-order valence-electron chi connectivity index (χ4n) is 3.90. The second-order valence-electron chi connectivity index (χ2n) is 7.22. The van der Waals surface area contributed by atoms with E-state index in [4.69, 9.17) is 10.2 Å². The van der Waals surface area contributed by atoms with Crippen LogP contribution in [0.1, 0.15) is 49.5 Å². The van der Waals surface area contributed by atoms with Crippen LogP contribution in [0.2, 0.25) is 0 Å². The van der Waals surface area contributed by atoms with Gasteiger partial charge in [0.25, 0.3) is 0 Å². The number of carbonyl (C=O) groups excluding carboxylic acids is 1. The summed E-state index contributed by atoms with van der Waals surface area (Å²) >= 11 is 0. The van der Waals surface area contributed by atoms with Gasteiger partial charge in [0.15, 0.2) is 0 Å². The number of hydrogen-bond acceptors (Lipinski definition) is 4. The van der Waals surface area contributed by atoms with Gasteiger partial charge in [0.05, 0.1) is 6.54 Å². The summed E-state index contributed by atoms with van der Waals surface area (Å²) in [6, 6.07) is 4.01. The van der Waals surface area contributed by atoms with Crippen LogP contribution in [-0.4, -0.2) is 43.0 Å². The van der Waals surface area contributed by atoms with Crippen LogP contribution in [0.3, 0.4) is 0 Å². The molecule has 0 spiro atoms. The van der Waals surface area contributed by atoms with Gasteiger partial charge in [-0.1, -0.05) is 19.3 Å². The van der Waals surface area contributed by atoms with E-state index in [0.717, 1.165) is 31.2 Å². The molecule has 5 nitrogen and oxygen atoms in total. The summed E-state index contributed by atoms with van der Waals surface area (Å²) in [5, 5.41) is 3.11. The van der Waals surface area contributed by atoms with E-state index < -0.39 is 0 Å². The Labute approximate surface area is 138 Å². The van der Waals surface area contributed by atoms with Gasteiger partial charge < -0.3 is 15.5 Å². The first-order valence-electron chi connectivity index (χ1n) is 8.93. The monoisotopic (exact) mass is 319 g/mol. The van der Waals surface area contributed by atoms with Crippen LogP contribution >= 0.6 is 0 Å². The van der Waals surface area contributed by atoms with Gasteiger partial charge in [-0.05, 0) is 37.8 Å². The molecule has 2 fully saturated rings. The highest BCUT2D eigenvalue weighted by atomic mass is 16.3. The molecule has 2 atom stereocenters. The van der Waals surface area contributed by atoms with Crippen LogP contribution in [0.4, 0.5) is 0 Å². The largest absolute Gasteiger partial charge is 0.466 e. The summed E-state index contributed by atoms with van der Waals surface area (Å²) in [6.07, 6.45) is 6.49. The molecule has 3 N–H and O–H groups in total. The van der Waals surface area contributed by atoms with Crippen molar-refractivity contribution in [3.8, 4) is 0 Å². The summed E-state index contributed by atoms with van der Waals surface area (Å²) in [5.74, 6) is 2.84. The lowest BCUT2D eigenvalue weighted by Gasteiger charge is -2.22. The number of rotatable bonds is 5. The summed E-state index contributed by atoms with van der Waals surface area (Å²) in [4.78, 5) is 14.3. The normalized spacial score (nSPS) is 26.5. The molecule has 1 saturated heterocycles. The molecule has 1 aromatic heterocycles. The number of nitrogens with zero attached hydrogens (tertiary/aromatic N) is 1. The maximum atomic E-state index is 12.2. The third-order valence-corrected chi connectivity index (χ3v) is 5.25. The van der Waals surface area contributed by atoms with Gasteiger partial charge in [0, 0.05) is 31.6 Å². The molecule has 3 rings (SSSR count). The molecule has 0 radical (unpaired) electrons. The molecule has 0 unspecified atom stereocenters. The Kier molecular flexibility index (Phi) is 5.38. The van der Waals surface area contributed by atoms with Crippen molar-refractivity contribution in [1.29, 1.82) is 0 Å². The van der Waals surface area contributed by atoms with Crippen LogP contribution in [0.25, 0.3) is 0 Å². The number of aryl methyl sites for hydroxylation is 1. The Bertz CT molecular complexity index is 522. The quantitative estimate of drug-likeness (QED) is 0.871. The SMILES string of the molecule is Cc1ccc([C@H]2CN(CC(=O)NCC3CCCCC3)C[C@@H]2N)o1. The van der Waals surface area contributed by atoms with Gasteiger partial charge >= 0.3 is 0 Å². The number of amides is 1. The number of nitrogens with one attached hydrogen (secondary N) is 1. The smallest absolute Gasteiger partial charge is 0.234 e. The van der Waals surface area contributed by atoms with Gasteiger partial charge in [-0.25, -0.2) is 0 Å². The molecule has 1 aliphatic heterocycles. The van der Waals surface area contributed by atoms with Crippen molar-refractivity contribution in [3.05, 3.63) is 23.7 Å². The third-order valence-electron chi connectivity index (χ3n) is 5.25. The van der Waals surface area contributed by atoms with Gasteiger partial charge in [-0.3, -0.25) is 9.69 Å². The number of carbonyl (C=O) groups is 1. The second-order valence-corrected chi connectivity index (χ2v) is 7.22. The van der Waals surface area contributed by atoms with E-state index in [1.165, 1.54) is 32.1 Å². The van der Waals surface area contributed by atoms with Gasteiger partial charge in [0.2, 0.25) is 5.91 Å². The van der Waals surface area contributed by atoms with Crippen molar-refractivity contribution >= 4 is 5.91 Å². The summed E-state index contributed by atoms with van der Waals surface area (Å²) < 4.78 is 5.71. The summed E-state index contributed by atoms with van der Waals surface area (Å²) in [7, 11) is 0. The zero-order chi connectivity index (χ0) is 16.2. The molecular formula is C18H29N3O2. The number of likely N-dealkylation sites (tertiary alicyclic amines) is 1. The average molecular weight is 319 g/mol. The molecule has 23 heavy (non-hydrogen) atoms. The van der Waals surface area contributed by atoms with Crippen LogP contribution in [0.5, 0.6) is 0 Å². The van der Waals surface area contributed by atoms with E-state index in [1.54, 1.807) is 0 Å². The Morgan fingerprint density at radius 3 is 2.78 bits per heavy atom. The number of hydrogen-bond donors (Lipinski definition) is 2. The molecule has 0 aromatic carbocycles. The molecule has 128 valence electrons. The Hall–Kier alpha value is -1.33. The lowest BCUT2D eigenvalue weighted by molar-refractivity contribution is -0.122. The van der Waals surface area contributed by atoms with E-state index in [1.807, 2.05) is 19.1 Å². The van der Waals surface area contributed by atoms with E-state index in [9.17, 15) is 4.79 Å². The number of furan rings is 1. The van der Waals surface area contributed by atoms with Crippen molar-refractivity contribution in [1.82, 2.24) is 10.2 Å². The molecule has 1 saturated carbocycles. The predicted octanol–water partition coefficient (Wildman–Crippen LogP) is 2.01. The van der Waals surface area contributed by atoms with E-state index in [0.29, 0.717) is 12.5 Å². The maximum absolute atomic E-state index is 12.2. The van der Waals surface area contributed by atoms with E-state index >= 15 is 0 Å². The average Bonchev–Trinajstić information content (AvgIpc) is 3.12. The highest BCUT2D eigenvalue weighted by molar-refractivity contribution is 5.78. The van der Waals surface area contributed by atoms with Gasteiger partial charge in [-0.2, -0.15) is 0 Å². The minimum atomic E-state index is 0.0340. The molecule has 1 aromatic rings. The minimum absolute atomic E-state index is 0.0340. The summed E-state index contributed by atoms with van der Waals surface area (Å²) in [5.41, 5.74) is 6.24. The molecule has 2 aliphatic rings. The van der Waals surface area contributed by atoms with Crippen molar-refractivity contribution in [2.24, 2.45) is 11.7 Å². The van der Waals surface area contributed by atoms with Crippen molar-refractivity contribution < 1.29 is 9.21 Å². The zero-order valence-corrected chi connectivity index (χ0v) is 14.1. The molecule has 1 aliphatic carbocycles. The van der Waals surface area contributed by atoms with Crippen molar-refractivity contribution in [3.63, 3.8) is 0 Å². The Balaban J connectivity index is 1.44. The van der Waals surface area contributed by atoms with Crippen LogP contribution in [0, 0.1) is 12.8 Å². The van der Waals surface area contributed by atoms with Crippen LogP contribution < -0.4 is 11.1 Å². The molecule has 1 amide bonds. The van der Waals surface area contributed by atoms with Gasteiger partial charge in [0.1, 0.15) is 11.5 Å². The first-order chi connectivity index (χ1) is 11.1. The minimum Gasteiger partial charge on any atom is -0.466 e. The van der Waals surface area contributed by atoms with E-state index in [-0.39, 0.29) is 17.9 Å². The first-order valence-corrected chi connectivity index (χ1v) is 8.93. The maximum Gasteiger partial charge on any atom is 0.234 e. The topological polar surface area (TPSA) is 71.5 Å². The Morgan fingerprint density at radius 1 is 1.30 bits per heavy atom.